The Balaban J connectivity index is 4.18. The first kappa shape index (κ1) is 13.8. The van der Waals surface area contributed by atoms with Crippen molar-refractivity contribution in [1.29, 1.82) is 0 Å². The van der Waals surface area contributed by atoms with Gasteiger partial charge in [0.2, 0.25) is 5.91 Å². The summed E-state index contributed by atoms with van der Waals surface area (Å²) < 4.78 is 0. The fraction of sp³-hybridized carbons (Fsp3) is 0.900. The summed E-state index contributed by atoms with van der Waals surface area (Å²) in [7, 11) is 1.81. The lowest BCUT2D eigenvalue weighted by molar-refractivity contribution is -0.133. The predicted octanol–water partition coefficient (Wildman–Crippen LogP) is 1.18. The van der Waals surface area contributed by atoms with Crippen molar-refractivity contribution in [2.24, 2.45) is 11.1 Å². The molecule has 2 N–H and O–H groups in total. The number of nitrogens with two attached hydrogens (primary N) is 1. The number of nitrogens with zero attached hydrogens (tertiary/aromatic N) is 1. The van der Waals surface area contributed by atoms with Crippen LogP contribution >= 0.6 is 11.8 Å². The number of carbonyl (C=O) groups excluding carboxylic acids is 1. The number of carbonyl (C=O) groups is 1. The molecule has 14 heavy (non-hydrogen) atoms. The van der Waals surface area contributed by atoms with Crippen molar-refractivity contribution >= 4 is 17.7 Å². The Bertz CT molecular complexity index is 189. The first-order valence-corrected chi connectivity index (χ1v) is 6.19. The fourth-order valence-corrected chi connectivity index (χ4v) is 1.40. The summed E-state index contributed by atoms with van der Waals surface area (Å²) in [6.07, 6.45) is 2.03. The monoisotopic (exact) mass is 218 g/mol. The Kier molecular flexibility index (Phi) is 5.52. The van der Waals surface area contributed by atoms with Crippen molar-refractivity contribution in [2.45, 2.75) is 26.8 Å². The molecule has 1 amide bonds. The molecule has 0 saturated carbocycles. The van der Waals surface area contributed by atoms with Crippen molar-refractivity contribution < 1.29 is 4.79 Å². The number of thioether (sulfide) groups is 1. The first-order valence-electron chi connectivity index (χ1n) is 4.80. The molecule has 0 fully saturated rings. The van der Waals surface area contributed by atoms with Gasteiger partial charge in [-0.25, -0.2) is 0 Å². The number of hydrogen-bond donors (Lipinski definition) is 1. The second-order valence-corrected chi connectivity index (χ2v) is 5.58. The van der Waals surface area contributed by atoms with Gasteiger partial charge in [0.15, 0.2) is 0 Å². The summed E-state index contributed by atoms with van der Waals surface area (Å²) in [5.41, 5.74) is 5.71. The molecule has 0 rings (SSSR count). The molecule has 0 aliphatic carbocycles. The fourth-order valence-electron chi connectivity index (χ4n) is 0.946. The maximum Gasteiger partial charge on any atom is 0.239 e. The van der Waals surface area contributed by atoms with Gasteiger partial charge < -0.3 is 10.6 Å². The Labute approximate surface area is 91.4 Å². The minimum atomic E-state index is -0.408. The molecular weight excluding hydrogens is 196 g/mol. The van der Waals surface area contributed by atoms with Crippen molar-refractivity contribution in [3.05, 3.63) is 0 Å². The van der Waals surface area contributed by atoms with Crippen LogP contribution in [-0.2, 0) is 4.79 Å². The molecule has 4 heteroatoms. The van der Waals surface area contributed by atoms with Crippen LogP contribution in [0.1, 0.15) is 20.8 Å². The molecule has 0 bridgehead atoms. The standard InChI is InChI=1S/C10H22N2OS/c1-10(2,3)8(11)9(13)12(4)6-7-14-5/h8H,6-7,11H2,1-5H3/t8-/m1/s1. The van der Waals surface area contributed by atoms with Gasteiger partial charge in [-0.2, -0.15) is 11.8 Å². The largest absolute Gasteiger partial charge is 0.344 e. The van der Waals surface area contributed by atoms with Crippen LogP contribution in [0.5, 0.6) is 0 Å². The maximum absolute atomic E-state index is 11.8. The zero-order valence-corrected chi connectivity index (χ0v) is 10.6. The lowest BCUT2D eigenvalue weighted by Gasteiger charge is -2.29. The van der Waals surface area contributed by atoms with Crippen molar-refractivity contribution in [1.82, 2.24) is 4.90 Å². The van der Waals surface area contributed by atoms with Gasteiger partial charge in [-0.1, -0.05) is 20.8 Å². The predicted molar refractivity (Wildman–Crippen MR) is 63.4 cm³/mol. The van der Waals surface area contributed by atoms with Crippen LogP contribution < -0.4 is 5.73 Å². The van der Waals surface area contributed by atoms with Gasteiger partial charge in [0.05, 0.1) is 6.04 Å². The minimum Gasteiger partial charge on any atom is -0.344 e. The third kappa shape index (κ3) is 4.33. The molecule has 0 aromatic heterocycles. The molecule has 0 radical (unpaired) electrons. The van der Waals surface area contributed by atoms with Gasteiger partial charge in [-0.05, 0) is 11.7 Å². The highest BCUT2D eigenvalue weighted by Crippen LogP contribution is 2.18. The van der Waals surface area contributed by atoms with E-state index in [9.17, 15) is 4.79 Å². The number of rotatable bonds is 4. The Hall–Kier alpha value is -0.220. The summed E-state index contributed by atoms with van der Waals surface area (Å²) in [5, 5.41) is 0. The van der Waals surface area contributed by atoms with Crippen LogP contribution in [0.3, 0.4) is 0 Å². The average Bonchev–Trinajstić information content (AvgIpc) is 2.10. The van der Waals surface area contributed by atoms with E-state index in [-0.39, 0.29) is 11.3 Å². The van der Waals surface area contributed by atoms with E-state index in [1.165, 1.54) is 0 Å². The molecule has 0 heterocycles. The summed E-state index contributed by atoms with van der Waals surface area (Å²) in [6, 6.07) is -0.408. The van der Waals surface area contributed by atoms with E-state index >= 15 is 0 Å². The summed E-state index contributed by atoms with van der Waals surface area (Å²) in [5.74, 6) is 0.991. The molecule has 0 aliphatic heterocycles. The smallest absolute Gasteiger partial charge is 0.239 e. The lowest BCUT2D eigenvalue weighted by Crippen LogP contribution is -2.49. The third-order valence-electron chi connectivity index (χ3n) is 2.21. The van der Waals surface area contributed by atoms with Crippen LogP contribution in [0.4, 0.5) is 0 Å². The Morgan fingerprint density at radius 2 is 2.00 bits per heavy atom. The molecule has 0 aromatic carbocycles. The van der Waals surface area contributed by atoms with Gasteiger partial charge in [0.1, 0.15) is 0 Å². The summed E-state index contributed by atoms with van der Waals surface area (Å²) >= 11 is 1.73. The van der Waals surface area contributed by atoms with Gasteiger partial charge in [-0.15, -0.1) is 0 Å². The van der Waals surface area contributed by atoms with Gasteiger partial charge in [0, 0.05) is 19.3 Å². The van der Waals surface area contributed by atoms with E-state index in [0.29, 0.717) is 0 Å². The van der Waals surface area contributed by atoms with E-state index in [1.807, 2.05) is 34.1 Å². The van der Waals surface area contributed by atoms with Crippen molar-refractivity contribution in [3.8, 4) is 0 Å². The highest BCUT2D eigenvalue weighted by Gasteiger charge is 2.29. The van der Waals surface area contributed by atoms with E-state index < -0.39 is 6.04 Å². The molecule has 3 nitrogen and oxygen atoms in total. The SMILES string of the molecule is CSCCN(C)C(=O)[C@@H](N)C(C)(C)C. The van der Waals surface area contributed by atoms with Gasteiger partial charge in [0.25, 0.3) is 0 Å². The molecule has 0 unspecified atom stereocenters. The van der Waals surface area contributed by atoms with Crippen LogP contribution in [-0.4, -0.2) is 42.4 Å². The number of likely N-dealkylation sites (N-methyl/N-ethyl adjacent to an activating group) is 1. The molecular formula is C10H22N2OS. The second-order valence-electron chi connectivity index (χ2n) is 4.60. The summed E-state index contributed by atoms with van der Waals surface area (Å²) in [6.45, 7) is 6.72. The normalized spacial score (nSPS) is 13.9. The molecule has 84 valence electrons. The molecule has 0 aliphatic rings. The van der Waals surface area contributed by atoms with Crippen LogP contribution in [0.2, 0.25) is 0 Å². The van der Waals surface area contributed by atoms with Crippen molar-refractivity contribution in [3.63, 3.8) is 0 Å². The molecule has 0 spiro atoms. The average molecular weight is 218 g/mol. The minimum absolute atomic E-state index is 0.0338. The van der Waals surface area contributed by atoms with E-state index in [0.717, 1.165) is 12.3 Å². The topological polar surface area (TPSA) is 46.3 Å². The molecule has 0 saturated heterocycles. The van der Waals surface area contributed by atoms with E-state index in [4.69, 9.17) is 5.73 Å². The third-order valence-corrected chi connectivity index (χ3v) is 2.80. The zero-order valence-electron chi connectivity index (χ0n) is 9.83. The first-order chi connectivity index (χ1) is 6.30. The highest BCUT2D eigenvalue weighted by molar-refractivity contribution is 7.98. The molecule has 1 atom stereocenters. The zero-order chi connectivity index (χ0) is 11.4. The van der Waals surface area contributed by atoms with Gasteiger partial charge >= 0.3 is 0 Å². The van der Waals surface area contributed by atoms with Crippen molar-refractivity contribution in [2.75, 3.05) is 25.6 Å². The molecule has 0 aromatic rings. The summed E-state index contributed by atoms with van der Waals surface area (Å²) in [4.78, 5) is 13.5. The van der Waals surface area contributed by atoms with E-state index in [2.05, 4.69) is 0 Å². The quantitative estimate of drug-likeness (QED) is 0.771. The van der Waals surface area contributed by atoms with Crippen LogP contribution in [0, 0.1) is 5.41 Å². The maximum atomic E-state index is 11.8. The second kappa shape index (κ2) is 5.61. The number of amides is 1. The Morgan fingerprint density at radius 3 is 2.36 bits per heavy atom. The number of hydrogen-bond acceptors (Lipinski definition) is 3. The Morgan fingerprint density at radius 1 is 1.50 bits per heavy atom. The van der Waals surface area contributed by atoms with Gasteiger partial charge in [-0.3, -0.25) is 4.79 Å². The highest BCUT2D eigenvalue weighted by atomic mass is 32.2. The van der Waals surface area contributed by atoms with Crippen LogP contribution in [0.25, 0.3) is 0 Å². The van der Waals surface area contributed by atoms with E-state index in [1.54, 1.807) is 16.7 Å². The lowest BCUT2D eigenvalue weighted by atomic mass is 9.86. The van der Waals surface area contributed by atoms with Crippen LogP contribution in [0.15, 0.2) is 0 Å².